The van der Waals surface area contributed by atoms with Crippen LogP contribution in [-0.2, 0) is 4.79 Å². The van der Waals surface area contributed by atoms with Crippen LogP contribution in [0.4, 0.5) is 0 Å². The molecule has 0 aliphatic rings. The number of hydrogen-bond donors (Lipinski definition) is 1. The quantitative estimate of drug-likeness (QED) is 0.514. The molecule has 0 spiro atoms. The van der Waals surface area contributed by atoms with E-state index in [1.165, 1.54) is 11.8 Å². The summed E-state index contributed by atoms with van der Waals surface area (Å²) in [6.07, 6.45) is 9.22. The Bertz CT molecular complexity index is 160. The first-order valence-corrected chi connectivity index (χ1v) is 7.04. The molecule has 72 valence electrons. The minimum Gasteiger partial charge on any atom is -0.353 e. The van der Waals surface area contributed by atoms with Crippen molar-refractivity contribution in [2.45, 2.75) is 6.42 Å². The van der Waals surface area contributed by atoms with Crippen molar-refractivity contribution in [3.8, 4) is 0 Å². The number of amides is 1. The van der Waals surface area contributed by atoms with E-state index in [0.29, 0.717) is 0 Å². The molecule has 0 fully saturated rings. The zero-order valence-corrected chi connectivity index (χ0v) is 9.04. The van der Waals surface area contributed by atoms with Gasteiger partial charge >= 0.3 is 0 Å². The van der Waals surface area contributed by atoms with Crippen molar-refractivity contribution < 1.29 is 4.79 Å². The zero-order chi connectivity index (χ0) is 9.61. The van der Waals surface area contributed by atoms with Gasteiger partial charge < -0.3 is 5.32 Å². The van der Waals surface area contributed by atoms with E-state index in [9.17, 15) is 4.79 Å². The van der Waals surface area contributed by atoms with Crippen LogP contribution >= 0.6 is 10.0 Å². The van der Waals surface area contributed by atoms with Gasteiger partial charge in [0.1, 0.15) is 0 Å². The number of rotatable bonds is 5. The summed E-state index contributed by atoms with van der Waals surface area (Å²) >= 11 is 0. The summed E-state index contributed by atoms with van der Waals surface area (Å²) in [7, 11) is -0.406. The third-order valence-corrected chi connectivity index (χ3v) is 2.93. The van der Waals surface area contributed by atoms with Crippen molar-refractivity contribution in [2.24, 2.45) is 0 Å². The van der Waals surface area contributed by atoms with E-state index >= 15 is 0 Å². The van der Waals surface area contributed by atoms with Crippen molar-refractivity contribution in [3.63, 3.8) is 0 Å². The highest BCUT2D eigenvalue weighted by Crippen LogP contribution is 2.34. The van der Waals surface area contributed by atoms with Crippen LogP contribution in [0.3, 0.4) is 0 Å². The third kappa shape index (κ3) is 7.66. The highest BCUT2D eigenvalue weighted by atomic mass is 32.3. The van der Waals surface area contributed by atoms with E-state index in [-0.39, 0.29) is 5.91 Å². The SMILES string of the molecule is C=CC(=O)NCCCS(C)(C)C. The summed E-state index contributed by atoms with van der Waals surface area (Å²) in [4.78, 5) is 10.7. The molecule has 1 N–H and O–H groups in total. The van der Waals surface area contributed by atoms with Crippen molar-refractivity contribution >= 4 is 15.9 Å². The van der Waals surface area contributed by atoms with E-state index < -0.39 is 10.0 Å². The normalized spacial score (nSPS) is 12.2. The molecule has 0 aromatic carbocycles. The van der Waals surface area contributed by atoms with E-state index in [1.54, 1.807) is 0 Å². The molecule has 0 aliphatic carbocycles. The van der Waals surface area contributed by atoms with Crippen LogP contribution in [0.15, 0.2) is 12.7 Å². The Balaban J connectivity index is 3.34. The van der Waals surface area contributed by atoms with Crippen LogP contribution in [0.2, 0.25) is 0 Å². The molecule has 0 aromatic heterocycles. The van der Waals surface area contributed by atoms with Gasteiger partial charge in [0.2, 0.25) is 5.91 Å². The first kappa shape index (κ1) is 11.6. The molecule has 3 heteroatoms. The maximum atomic E-state index is 10.7. The Morgan fingerprint density at radius 3 is 2.50 bits per heavy atom. The highest BCUT2D eigenvalue weighted by molar-refractivity contribution is 8.32. The van der Waals surface area contributed by atoms with Gasteiger partial charge in [-0.25, -0.2) is 10.0 Å². The molecule has 0 heterocycles. The lowest BCUT2D eigenvalue weighted by molar-refractivity contribution is -0.116. The first-order valence-electron chi connectivity index (χ1n) is 4.02. The Hall–Kier alpha value is -0.440. The summed E-state index contributed by atoms with van der Waals surface area (Å²) in [5.74, 6) is 1.14. The second kappa shape index (κ2) is 5.25. The summed E-state index contributed by atoms with van der Waals surface area (Å²) in [6, 6.07) is 0. The first-order chi connectivity index (χ1) is 5.45. The van der Waals surface area contributed by atoms with Crippen molar-refractivity contribution in [3.05, 3.63) is 12.7 Å². The van der Waals surface area contributed by atoms with Crippen molar-refractivity contribution in [1.82, 2.24) is 5.32 Å². The van der Waals surface area contributed by atoms with Gasteiger partial charge in [-0.3, -0.25) is 4.79 Å². The molecule has 0 saturated heterocycles. The average molecular weight is 189 g/mol. The Kier molecular flexibility index (Phi) is 5.06. The molecule has 0 saturated carbocycles. The van der Waals surface area contributed by atoms with E-state index in [1.807, 2.05) is 0 Å². The van der Waals surface area contributed by atoms with Crippen LogP contribution in [0.1, 0.15) is 6.42 Å². The lowest BCUT2D eigenvalue weighted by Crippen LogP contribution is -2.23. The average Bonchev–Trinajstić information content (AvgIpc) is 1.96. The standard InChI is InChI=1S/C9H19NOS/c1-5-9(11)10-7-6-8-12(2,3)4/h5H,1,6-8H2,2-4H3,(H,10,11). The van der Waals surface area contributed by atoms with Gasteiger partial charge in [-0.05, 0) is 37.0 Å². The molecule has 12 heavy (non-hydrogen) atoms. The van der Waals surface area contributed by atoms with Crippen LogP contribution < -0.4 is 5.32 Å². The van der Waals surface area contributed by atoms with E-state index in [2.05, 4.69) is 30.7 Å². The van der Waals surface area contributed by atoms with Crippen LogP contribution in [0, 0.1) is 0 Å². The molecular formula is C9H19NOS. The van der Waals surface area contributed by atoms with Crippen molar-refractivity contribution in [1.29, 1.82) is 0 Å². The summed E-state index contributed by atoms with van der Waals surface area (Å²) < 4.78 is 0. The second-order valence-corrected chi connectivity index (χ2v) is 8.23. The molecular weight excluding hydrogens is 170 g/mol. The van der Waals surface area contributed by atoms with Crippen LogP contribution in [0.25, 0.3) is 0 Å². The molecule has 0 aliphatic heterocycles. The summed E-state index contributed by atoms with van der Waals surface area (Å²) in [5.41, 5.74) is 0. The van der Waals surface area contributed by atoms with Gasteiger partial charge in [-0.2, -0.15) is 0 Å². The molecule has 0 atom stereocenters. The third-order valence-electron chi connectivity index (χ3n) is 1.42. The van der Waals surface area contributed by atoms with Gasteiger partial charge in [0.05, 0.1) is 0 Å². The van der Waals surface area contributed by atoms with Crippen LogP contribution in [0.5, 0.6) is 0 Å². The largest absolute Gasteiger partial charge is 0.353 e. The zero-order valence-electron chi connectivity index (χ0n) is 8.22. The molecule has 2 nitrogen and oxygen atoms in total. The molecule has 0 bridgehead atoms. The van der Waals surface area contributed by atoms with Gasteiger partial charge in [0, 0.05) is 6.54 Å². The molecule has 0 rings (SSSR count). The smallest absolute Gasteiger partial charge is 0.243 e. The molecule has 1 amide bonds. The van der Waals surface area contributed by atoms with E-state index in [4.69, 9.17) is 0 Å². The van der Waals surface area contributed by atoms with Gasteiger partial charge in [-0.15, -0.1) is 0 Å². The number of nitrogens with one attached hydrogen (secondary N) is 1. The van der Waals surface area contributed by atoms with E-state index in [0.717, 1.165) is 13.0 Å². The minimum atomic E-state index is -0.406. The number of carbonyl (C=O) groups is 1. The number of carbonyl (C=O) groups excluding carboxylic acids is 1. The number of hydrogen-bond acceptors (Lipinski definition) is 1. The predicted octanol–water partition coefficient (Wildman–Crippen LogP) is 1.37. The van der Waals surface area contributed by atoms with Gasteiger partial charge in [0.15, 0.2) is 0 Å². The monoisotopic (exact) mass is 189 g/mol. The molecule has 0 aromatic rings. The minimum absolute atomic E-state index is 0.0705. The topological polar surface area (TPSA) is 29.1 Å². The summed E-state index contributed by atoms with van der Waals surface area (Å²) in [5, 5.41) is 2.76. The molecule has 0 unspecified atom stereocenters. The van der Waals surface area contributed by atoms with Crippen LogP contribution in [-0.4, -0.2) is 37.0 Å². The Morgan fingerprint density at radius 2 is 2.08 bits per heavy atom. The predicted molar refractivity (Wildman–Crippen MR) is 58.1 cm³/mol. The molecule has 0 radical (unpaired) electrons. The highest BCUT2D eigenvalue weighted by Gasteiger charge is 2.02. The fourth-order valence-electron chi connectivity index (χ4n) is 0.789. The summed E-state index contributed by atoms with van der Waals surface area (Å²) in [6.45, 7) is 4.15. The maximum Gasteiger partial charge on any atom is 0.243 e. The van der Waals surface area contributed by atoms with Crippen molar-refractivity contribution in [2.75, 3.05) is 31.1 Å². The fraction of sp³-hybridized carbons (Fsp3) is 0.667. The van der Waals surface area contributed by atoms with Gasteiger partial charge in [0.25, 0.3) is 0 Å². The van der Waals surface area contributed by atoms with Gasteiger partial charge in [-0.1, -0.05) is 6.58 Å². The Labute approximate surface area is 76.7 Å². The second-order valence-electron chi connectivity index (χ2n) is 3.64. The lowest BCUT2D eigenvalue weighted by Gasteiger charge is -2.24. The lowest BCUT2D eigenvalue weighted by atomic mass is 10.4. The fourth-order valence-corrected chi connectivity index (χ4v) is 1.80. The Morgan fingerprint density at radius 1 is 1.50 bits per heavy atom. The maximum absolute atomic E-state index is 10.7.